The number of morpholine rings is 1. The molecule has 9 heteroatoms. The zero-order chi connectivity index (χ0) is 19.4. The van der Waals surface area contributed by atoms with Gasteiger partial charge >= 0.3 is 0 Å². The quantitative estimate of drug-likeness (QED) is 0.731. The zero-order valence-electron chi connectivity index (χ0n) is 16.2. The lowest BCUT2D eigenvalue weighted by Crippen LogP contribution is -2.40. The number of carbonyl (C=O) groups excluding carboxylic acids is 1. The van der Waals surface area contributed by atoms with E-state index in [1.165, 1.54) is 4.31 Å². The van der Waals surface area contributed by atoms with Gasteiger partial charge in [0.25, 0.3) is 0 Å². The summed E-state index contributed by atoms with van der Waals surface area (Å²) in [4.78, 5) is 14.7. The van der Waals surface area contributed by atoms with Gasteiger partial charge in [0, 0.05) is 32.1 Å². The van der Waals surface area contributed by atoms with Crippen molar-refractivity contribution < 1.29 is 17.9 Å². The third-order valence-corrected chi connectivity index (χ3v) is 7.39. The van der Waals surface area contributed by atoms with Gasteiger partial charge in [-0.25, -0.2) is 8.42 Å². The van der Waals surface area contributed by atoms with E-state index in [1.54, 1.807) is 24.3 Å². The molecule has 2 heterocycles. The Morgan fingerprint density at radius 3 is 2.43 bits per heavy atom. The SMILES string of the molecule is CC1CC(CN)CN1C(=O)CCc1ccc(S(=O)(=O)N2CCOCC2)cc1.Cl. The van der Waals surface area contributed by atoms with Crippen molar-refractivity contribution in [1.82, 2.24) is 9.21 Å². The Hall–Kier alpha value is -1.19. The van der Waals surface area contributed by atoms with Crippen LogP contribution in [0.1, 0.15) is 25.3 Å². The fraction of sp³-hybridized carbons (Fsp3) is 0.632. The standard InChI is InChI=1S/C19H29N3O4S.ClH/c1-15-12-17(13-20)14-22(15)19(23)7-4-16-2-5-18(6-3-16)27(24,25)21-8-10-26-11-9-21;/h2-3,5-6,15,17H,4,7-14,20H2,1H3;1H. The summed E-state index contributed by atoms with van der Waals surface area (Å²) in [7, 11) is -3.47. The van der Waals surface area contributed by atoms with Gasteiger partial charge in [0.15, 0.2) is 0 Å². The Kier molecular flexibility index (Phi) is 8.27. The van der Waals surface area contributed by atoms with Gasteiger partial charge < -0.3 is 15.4 Å². The number of hydrogen-bond donors (Lipinski definition) is 1. The van der Waals surface area contributed by atoms with Crippen LogP contribution in [-0.4, -0.2) is 69.0 Å². The van der Waals surface area contributed by atoms with Gasteiger partial charge in [0.05, 0.1) is 18.1 Å². The predicted molar refractivity (Wildman–Crippen MR) is 110 cm³/mol. The van der Waals surface area contributed by atoms with E-state index in [-0.39, 0.29) is 24.4 Å². The molecule has 0 radical (unpaired) electrons. The Morgan fingerprint density at radius 2 is 1.86 bits per heavy atom. The van der Waals surface area contributed by atoms with Gasteiger partial charge in [0.2, 0.25) is 15.9 Å². The number of ether oxygens (including phenoxy) is 1. The molecule has 0 aromatic heterocycles. The molecule has 0 bridgehead atoms. The van der Waals surface area contributed by atoms with E-state index in [9.17, 15) is 13.2 Å². The number of carbonyl (C=O) groups is 1. The van der Waals surface area contributed by atoms with E-state index in [0.717, 1.165) is 18.5 Å². The zero-order valence-corrected chi connectivity index (χ0v) is 17.9. The predicted octanol–water partition coefficient (Wildman–Crippen LogP) is 1.26. The lowest BCUT2D eigenvalue weighted by atomic mass is 10.1. The summed E-state index contributed by atoms with van der Waals surface area (Å²) in [6, 6.07) is 7.11. The Morgan fingerprint density at radius 1 is 1.21 bits per heavy atom. The largest absolute Gasteiger partial charge is 0.379 e. The molecule has 1 aromatic rings. The molecule has 0 saturated carbocycles. The average Bonchev–Trinajstić information content (AvgIpc) is 3.08. The monoisotopic (exact) mass is 431 g/mol. The molecule has 2 atom stereocenters. The number of benzene rings is 1. The van der Waals surface area contributed by atoms with Crippen LogP contribution in [0.3, 0.4) is 0 Å². The van der Waals surface area contributed by atoms with E-state index < -0.39 is 10.0 Å². The number of nitrogens with two attached hydrogens (primary N) is 1. The lowest BCUT2D eigenvalue weighted by molar-refractivity contribution is -0.131. The molecular formula is C19H30ClN3O4S. The Bertz CT molecular complexity index is 751. The molecule has 1 amide bonds. The molecule has 2 saturated heterocycles. The summed E-state index contributed by atoms with van der Waals surface area (Å²) in [5, 5.41) is 0. The fourth-order valence-corrected chi connectivity index (χ4v) is 5.23. The highest BCUT2D eigenvalue weighted by Crippen LogP contribution is 2.23. The van der Waals surface area contributed by atoms with Crippen LogP contribution in [0.4, 0.5) is 0 Å². The molecule has 7 nitrogen and oxygen atoms in total. The molecule has 2 aliphatic heterocycles. The second-order valence-electron chi connectivity index (χ2n) is 7.39. The van der Waals surface area contributed by atoms with Crippen molar-refractivity contribution in [2.45, 2.75) is 37.1 Å². The van der Waals surface area contributed by atoms with E-state index in [0.29, 0.717) is 56.5 Å². The molecule has 2 aliphatic rings. The first-order valence-electron chi connectivity index (χ1n) is 9.58. The number of nitrogens with zero attached hydrogens (tertiary/aromatic N) is 2. The number of rotatable bonds is 6. The summed E-state index contributed by atoms with van der Waals surface area (Å²) in [5.41, 5.74) is 6.69. The number of aryl methyl sites for hydroxylation is 1. The Balaban J connectivity index is 0.00000280. The number of halogens is 1. The molecule has 1 aromatic carbocycles. The van der Waals surface area contributed by atoms with Gasteiger partial charge in [-0.2, -0.15) is 4.31 Å². The number of sulfonamides is 1. The van der Waals surface area contributed by atoms with Gasteiger partial charge in [-0.3, -0.25) is 4.79 Å². The summed E-state index contributed by atoms with van der Waals surface area (Å²) >= 11 is 0. The van der Waals surface area contributed by atoms with Crippen LogP contribution in [0.5, 0.6) is 0 Å². The van der Waals surface area contributed by atoms with Crippen molar-refractivity contribution in [3.8, 4) is 0 Å². The van der Waals surface area contributed by atoms with Crippen molar-refractivity contribution in [3.63, 3.8) is 0 Å². The average molecular weight is 432 g/mol. The molecule has 2 unspecified atom stereocenters. The first kappa shape index (κ1) is 23.1. The van der Waals surface area contributed by atoms with Crippen molar-refractivity contribution in [2.75, 3.05) is 39.4 Å². The fourth-order valence-electron chi connectivity index (χ4n) is 3.82. The minimum Gasteiger partial charge on any atom is -0.379 e. The smallest absolute Gasteiger partial charge is 0.243 e. The minimum absolute atomic E-state index is 0. The van der Waals surface area contributed by atoms with Crippen LogP contribution in [0.15, 0.2) is 29.2 Å². The maximum Gasteiger partial charge on any atom is 0.243 e. The van der Waals surface area contributed by atoms with Crippen LogP contribution in [0.2, 0.25) is 0 Å². The molecule has 0 spiro atoms. The van der Waals surface area contributed by atoms with Crippen LogP contribution in [0, 0.1) is 5.92 Å². The van der Waals surface area contributed by atoms with Crippen molar-refractivity contribution in [2.24, 2.45) is 11.7 Å². The number of likely N-dealkylation sites (tertiary alicyclic amines) is 1. The molecule has 3 rings (SSSR count). The van der Waals surface area contributed by atoms with Crippen LogP contribution in [-0.2, 0) is 26.0 Å². The highest BCUT2D eigenvalue weighted by Gasteiger charge is 2.31. The van der Waals surface area contributed by atoms with Gasteiger partial charge in [0.1, 0.15) is 0 Å². The van der Waals surface area contributed by atoms with Crippen molar-refractivity contribution in [3.05, 3.63) is 29.8 Å². The highest BCUT2D eigenvalue weighted by atomic mass is 35.5. The van der Waals surface area contributed by atoms with E-state index in [4.69, 9.17) is 10.5 Å². The molecule has 158 valence electrons. The normalized spacial score (nSPS) is 23.4. The number of amides is 1. The van der Waals surface area contributed by atoms with Crippen molar-refractivity contribution in [1.29, 1.82) is 0 Å². The van der Waals surface area contributed by atoms with Crippen LogP contribution >= 0.6 is 12.4 Å². The lowest BCUT2D eigenvalue weighted by Gasteiger charge is -2.26. The van der Waals surface area contributed by atoms with E-state index in [2.05, 4.69) is 6.92 Å². The molecule has 0 aliphatic carbocycles. The maximum atomic E-state index is 12.6. The van der Waals surface area contributed by atoms with Gasteiger partial charge in [-0.15, -0.1) is 12.4 Å². The van der Waals surface area contributed by atoms with Crippen LogP contribution < -0.4 is 5.73 Å². The molecule has 2 N–H and O–H groups in total. The second-order valence-corrected chi connectivity index (χ2v) is 9.33. The number of hydrogen-bond acceptors (Lipinski definition) is 5. The van der Waals surface area contributed by atoms with Gasteiger partial charge in [-0.05, 0) is 49.9 Å². The topological polar surface area (TPSA) is 92.9 Å². The molecule has 2 fully saturated rings. The first-order chi connectivity index (χ1) is 12.9. The third-order valence-electron chi connectivity index (χ3n) is 5.47. The summed E-state index contributed by atoms with van der Waals surface area (Å²) in [5.74, 6) is 0.539. The van der Waals surface area contributed by atoms with Crippen LogP contribution in [0.25, 0.3) is 0 Å². The summed E-state index contributed by atoms with van der Waals surface area (Å²) in [6.07, 6.45) is 2.00. The van der Waals surface area contributed by atoms with Crippen molar-refractivity contribution >= 4 is 28.3 Å². The first-order valence-corrected chi connectivity index (χ1v) is 11.0. The summed E-state index contributed by atoms with van der Waals surface area (Å²) in [6.45, 7) is 5.06. The summed E-state index contributed by atoms with van der Waals surface area (Å²) < 4.78 is 31.9. The third kappa shape index (κ3) is 5.24. The Labute approximate surface area is 173 Å². The van der Waals surface area contributed by atoms with E-state index in [1.807, 2.05) is 4.90 Å². The minimum atomic E-state index is -3.47. The van der Waals surface area contributed by atoms with E-state index >= 15 is 0 Å². The highest BCUT2D eigenvalue weighted by molar-refractivity contribution is 7.89. The molecule has 28 heavy (non-hydrogen) atoms. The second kappa shape index (κ2) is 10.0. The molecular weight excluding hydrogens is 402 g/mol. The maximum absolute atomic E-state index is 12.6. The van der Waals surface area contributed by atoms with Gasteiger partial charge in [-0.1, -0.05) is 12.1 Å².